The van der Waals surface area contributed by atoms with E-state index in [1.54, 1.807) is 0 Å². The summed E-state index contributed by atoms with van der Waals surface area (Å²) >= 11 is 0.713. The fourth-order valence-electron chi connectivity index (χ4n) is 5.74. The second-order valence-electron chi connectivity index (χ2n) is 9.96. The van der Waals surface area contributed by atoms with Gasteiger partial charge in [-0.3, -0.25) is 0 Å². The molecule has 6 rings (SSSR count). The molecule has 0 aliphatic heterocycles. The van der Waals surface area contributed by atoms with Gasteiger partial charge in [0.15, 0.2) is 0 Å². The topological polar surface area (TPSA) is 102 Å². The van der Waals surface area contributed by atoms with Crippen molar-refractivity contribution >= 4 is 29.1 Å². The van der Waals surface area contributed by atoms with Crippen LogP contribution in [0, 0.1) is 0 Å². The van der Waals surface area contributed by atoms with E-state index in [-0.39, 0.29) is 30.8 Å². The summed E-state index contributed by atoms with van der Waals surface area (Å²) in [6.07, 6.45) is -0.854. The normalized spacial score (nSPS) is 13.9. The molecular weight excluding hydrogens is 538 g/mol. The number of hydrogen-bond acceptors (Lipinski definition) is 6. The number of nitrogens with one attached hydrogen (secondary N) is 1. The van der Waals surface area contributed by atoms with Crippen LogP contribution in [0.15, 0.2) is 97.1 Å². The lowest BCUT2D eigenvalue weighted by atomic mass is 9.98. The zero-order valence-electron chi connectivity index (χ0n) is 22.0. The Morgan fingerprint density at radius 3 is 1.46 bits per heavy atom. The van der Waals surface area contributed by atoms with Gasteiger partial charge in [-0.2, -0.15) is 0 Å². The van der Waals surface area contributed by atoms with E-state index < -0.39 is 23.4 Å². The zero-order valence-corrected chi connectivity index (χ0v) is 22.8. The standard InChI is InChI=1S/C33H27NO6S/c35-31(36)30(34-32(37)39-17-28-24-13-5-1-9-20(24)21-10-2-6-14-25(21)28)19-41-33(38)40-18-29-26-15-7-3-11-22(26)23-12-4-8-16-27(23)29/h1-16,28-30H,17-19H2,(H,34,37)(H,35,36)/t30-/m0/s1. The number of aliphatic carboxylic acids is 1. The summed E-state index contributed by atoms with van der Waals surface area (Å²) in [5.41, 5.74) is 8.73. The highest BCUT2D eigenvalue weighted by Crippen LogP contribution is 2.45. The second-order valence-corrected chi connectivity index (χ2v) is 10.9. The summed E-state index contributed by atoms with van der Waals surface area (Å²) in [5.74, 6) is -1.71. The number of carboxylic acids is 1. The third-order valence-corrected chi connectivity index (χ3v) is 8.49. The molecule has 4 aromatic carbocycles. The second kappa shape index (κ2) is 11.5. The van der Waals surface area contributed by atoms with Gasteiger partial charge in [-0.15, -0.1) is 0 Å². The van der Waals surface area contributed by atoms with Gasteiger partial charge in [0.1, 0.15) is 19.3 Å². The SMILES string of the molecule is O=C(N[C@@H](CSC(=O)OCC1c2ccccc2-c2ccccc21)C(=O)O)OCC1c2ccccc2-c2ccccc21. The molecule has 0 heterocycles. The first-order valence-corrected chi connectivity index (χ1v) is 14.3. The number of carbonyl (C=O) groups is 3. The van der Waals surface area contributed by atoms with Gasteiger partial charge in [-0.05, 0) is 56.3 Å². The van der Waals surface area contributed by atoms with Crippen molar-refractivity contribution < 1.29 is 29.0 Å². The number of hydrogen-bond donors (Lipinski definition) is 2. The van der Waals surface area contributed by atoms with Crippen molar-refractivity contribution in [2.24, 2.45) is 0 Å². The maximum Gasteiger partial charge on any atom is 0.407 e. The molecule has 206 valence electrons. The summed E-state index contributed by atoms with van der Waals surface area (Å²) in [6.45, 7) is 0.198. The van der Waals surface area contributed by atoms with E-state index >= 15 is 0 Å². The molecule has 0 saturated carbocycles. The molecule has 2 aliphatic carbocycles. The van der Waals surface area contributed by atoms with Gasteiger partial charge in [0.25, 0.3) is 0 Å². The quantitative estimate of drug-likeness (QED) is 0.230. The van der Waals surface area contributed by atoms with Crippen molar-refractivity contribution in [1.29, 1.82) is 0 Å². The summed E-state index contributed by atoms with van der Waals surface area (Å²) in [4.78, 5) is 37.0. The lowest BCUT2D eigenvalue weighted by Gasteiger charge is -2.17. The molecule has 0 unspecified atom stereocenters. The minimum absolute atomic E-state index is 0.0612. The number of alkyl carbamates (subject to hydrolysis) is 1. The van der Waals surface area contributed by atoms with Gasteiger partial charge in [0, 0.05) is 17.6 Å². The van der Waals surface area contributed by atoms with E-state index in [0.717, 1.165) is 44.5 Å². The van der Waals surface area contributed by atoms with Crippen molar-refractivity contribution in [3.05, 3.63) is 119 Å². The molecule has 0 radical (unpaired) electrons. The molecule has 2 aliphatic rings. The summed E-state index contributed by atoms with van der Waals surface area (Å²) < 4.78 is 11.0. The monoisotopic (exact) mass is 565 g/mol. The molecule has 0 spiro atoms. The maximum absolute atomic E-state index is 12.6. The lowest BCUT2D eigenvalue weighted by molar-refractivity contribution is -0.138. The van der Waals surface area contributed by atoms with E-state index in [1.807, 2.05) is 84.9 Å². The largest absolute Gasteiger partial charge is 0.480 e. The third kappa shape index (κ3) is 5.30. The van der Waals surface area contributed by atoms with E-state index in [4.69, 9.17) is 9.47 Å². The average molecular weight is 566 g/mol. The van der Waals surface area contributed by atoms with Gasteiger partial charge >= 0.3 is 17.4 Å². The first-order valence-electron chi connectivity index (χ1n) is 13.3. The number of carboxylic acid groups (broad SMARTS) is 1. The Labute approximate surface area is 241 Å². The number of ether oxygens (including phenoxy) is 2. The lowest BCUT2D eigenvalue weighted by Crippen LogP contribution is -2.43. The molecule has 1 amide bonds. The molecule has 0 saturated heterocycles. The van der Waals surface area contributed by atoms with E-state index in [9.17, 15) is 19.5 Å². The first-order chi connectivity index (χ1) is 20.0. The summed E-state index contributed by atoms with van der Waals surface area (Å²) in [5, 5.41) is 11.4. The molecule has 0 aromatic heterocycles. The average Bonchev–Trinajstić information content (AvgIpc) is 3.49. The van der Waals surface area contributed by atoms with Gasteiger partial charge in [0.05, 0.1) is 0 Å². The Morgan fingerprint density at radius 2 is 1.05 bits per heavy atom. The molecule has 1 atom stereocenters. The molecule has 8 heteroatoms. The molecule has 0 bridgehead atoms. The van der Waals surface area contributed by atoms with Gasteiger partial charge < -0.3 is 19.9 Å². The highest BCUT2D eigenvalue weighted by Gasteiger charge is 2.31. The maximum atomic E-state index is 12.6. The van der Waals surface area contributed by atoms with Crippen LogP contribution in [0.25, 0.3) is 22.3 Å². The van der Waals surface area contributed by atoms with Crippen LogP contribution >= 0.6 is 11.8 Å². The molecular formula is C33H27NO6S. The summed E-state index contributed by atoms with van der Waals surface area (Å²) in [7, 11) is 0. The first kappa shape index (κ1) is 26.7. The van der Waals surface area contributed by atoms with Crippen LogP contribution in [0.4, 0.5) is 9.59 Å². The fourth-order valence-corrected chi connectivity index (χ4v) is 6.42. The van der Waals surface area contributed by atoms with Crippen LogP contribution in [0.1, 0.15) is 34.1 Å². The minimum atomic E-state index is -1.32. The molecule has 0 fully saturated rings. The zero-order chi connectivity index (χ0) is 28.3. The van der Waals surface area contributed by atoms with Crippen molar-refractivity contribution in [3.8, 4) is 22.3 Å². The predicted octanol–water partition coefficient (Wildman–Crippen LogP) is 6.66. The molecule has 41 heavy (non-hydrogen) atoms. The third-order valence-electron chi connectivity index (χ3n) is 7.63. The number of benzene rings is 4. The van der Waals surface area contributed by atoms with Crippen molar-refractivity contribution in [2.45, 2.75) is 17.9 Å². The van der Waals surface area contributed by atoms with Crippen LogP contribution < -0.4 is 5.32 Å². The van der Waals surface area contributed by atoms with E-state index in [0.29, 0.717) is 11.8 Å². The van der Waals surface area contributed by atoms with Crippen LogP contribution in [-0.4, -0.2) is 47.5 Å². The molecule has 2 N–H and O–H groups in total. The van der Waals surface area contributed by atoms with Crippen LogP contribution in [0.3, 0.4) is 0 Å². The number of thioether (sulfide) groups is 1. The Hall–Kier alpha value is -4.56. The van der Waals surface area contributed by atoms with Gasteiger partial charge in [-0.25, -0.2) is 14.4 Å². The molecule has 4 aromatic rings. The number of amides is 1. The predicted molar refractivity (Wildman–Crippen MR) is 157 cm³/mol. The number of fused-ring (bicyclic) bond motifs is 6. The van der Waals surface area contributed by atoms with Crippen molar-refractivity contribution in [2.75, 3.05) is 19.0 Å². The Balaban J connectivity index is 1.02. The van der Waals surface area contributed by atoms with Crippen LogP contribution in [0.2, 0.25) is 0 Å². The van der Waals surface area contributed by atoms with Gasteiger partial charge in [-0.1, -0.05) is 97.1 Å². The fraction of sp³-hybridized carbons (Fsp3) is 0.182. The Morgan fingerprint density at radius 1 is 0.659 bits per heavy atom. The highest BCUT2D eigenvalue weighted by atomic mass is 32.2. The minimum Gasteiger partial charge on any atom is -0.480 e. The number of rotatable bonds is 8. The highest BCUT2D eigenvalue weighted by molar-refractivity contribution is 8.13. The van der Waals surface area contributed by atoms with E-state index in [2.05, 4.69) is 17.4 Å². The number of carbonyl (C=O) groups excluding carboxylic acids is 2. The van der Waals surface area contributed by atoms with E-state index in [1.165, 1.54) is 0 Å². The molecule has 7 nitrogen and oxygen atoms in total. The Kier molecular flexibility index (Phi) is 7.48. The van der Waals surface area contributed by atoms with Crippen molar-refractivity contribution in [3.63, 3.8) is 0 Å². The smallest absolute Gasteiger partial charge is 0.407 e. The van der Waals surface area contributed by atoms with Gasteiger partial charge in [0.2, 0.25) is 0 Å². The Bertz CT molecular complexity index is 1540. The van der Waals surface area contributed by atoms with Crippen LogP contribution in [0.5, 0.6) is 0 Å². The van der Waals surface area contributed by atoms with Crippen LogP contribution in [-0.2, 0) is 14.3 Å². The summed E-state index contributed by atoms with van der Waals surface area (Å²) in [6, 6.07) is 30.6. The van der Waals surface area contributed by atoms with Crippen molar-refractivity contribution in [1.82, 2.24) is 5.32 Å².